The second kappa shape index (κ2) is 7.37. The number of benzene rings is 1. The molecule has 25 heavy (non-hydrogen) atoms. The zero-order chi connectivity index (χ0) is 18.0. The maximum atomic E-state index is 12.4. The van der Waals surface area contributed by atoms with Gasteiger partial charge in [0.1, 0.15) is 15.5 Å². The van der Waals surface area contributed by atoms with Gasteiger partial charge in [-0.15, -0.1) is 11.3 Å². The lowest BCUT2D eigenvalue weighted by molar-refractivity contribution is 0.0464. The minimum atomic E-state index is -0.337. The Labute approximate surface area is 155 Å². The van der Waals surface area contributed by atoms with E-state index < -0.39 is 0 Å². The molecule has 3 aromatic rings. The van der Waals surface area contributed by atoms with E-state index >= 15 is 0 Å². The molecule has 0 fully saturated rings. The Bertz CT molecular complexity index is 910. The van der Waals surface area contributed by atoms with E-state index in [2.05, 4.69) is 15.3 Å². The number of thiophene rings is 1. The molecular weight excluding hydrogens is 358 g/mol. The van der Waals surface area contributed by atoms with Gasteiger partial charge in [0.25, 0.3) is 0 Å². The van der Waals surface area contributed by atoms with Crippen molar-refractivity contribution in [3.63, 3.8) is 0 Å². The third kappa shape index (κ3) is 3.91. The normalized spacial score (nSPS) is 11.1. The monoisotopic (exact) mass is 375 g/mol. The maximum Gasteiger partial charge on any atom is 0.348 e. The minimum absolute atomic E-state index is 0.134. The summed E-state index contributed by atoms with van der Waals surface area (Å²) in [7, 11) is 0. The Kier molecular flexibility index (Phi) is 5.20. The van der Waals surface area contributed by atoms with Crippen molar-refractivity contribution in [1.82, 2.24) is 9.97 Å². The van der Waals surface area contributed by atoms with Crippen LogP contribution in [0.1, 0.15) is 29.1 Å². The van der Waals surface area contributed by atoms with Crippen LogP contribution in [0.4, 0.5) is 11.5 Å². The van der Waals surface area contributed by atoms with Crippen LogP contribution in [0, 0.1) is 12.8 Å². The van der Waals surface area contributed by atoms with E-state index in [4.69, 9.17) is 16.3 Å². The molecule has 0 spiro atoms. The number of nitrogens with one attached hydrogen (secondary N) is 1. The molecule has 0 aliphatic carbocycles. The molecule has 130 valence electrons. The molecule has 0 bridgehead atoms. The second-order valence-corrected chi connectivity index (χ2v) is 7.40. The van der Waals surface area contributed by atoms with Gasteiger partial charge >= 0.3 is 5.97 Å². The summed E-state index contributed by atoms with van der Waals surface area (Å²) in [6.07, 6.45) is 0. The number of hydrogen-bond donors (Lipinski definition) is 1. The van der Waals surface area contributed by atoms with Gasteiger partial charge in [0.15, 0.2) is 0 Å². The third-order valence-corrected chi connectivity index (χ3v) is 4.87. The van der Waals surface area contributed by atoms with Crippen LogP contribution in [0.25, 0.3) is 10.2 Å². The van der Waals surface area contributed by atoms with Crippen LogP contribution >= 0.6 is 22.9 Å². The molecule has 0 saturated heterocycles. The van der Waals surface area contributed by atoms with E-state index in [1.807, 2.05) is 51.1 Å². The Hall–Kier alpha value is -2.18. The number of carbonyl (C=O) groups is 1. The number of aryl methyl sites for hydroxylation is 1. The smallest absolute Gasteiger partial charge is 0.348 e. The molecule has 0 aliphatic heterocycles. The molecule has 0 saturated carbocycles. The predicted octanol–water partition coefficient (Wildman–Crippen LogP) is 5.21. The summed E-state index contributed by atoms with van der Waals surface area (Å²) in [5.74, 6) is 0.525. The molecule has 3 rings (SSSR count). The number of aromatic nitrogens is 2. The van der Waals surface area contributed by atoms with Crippen LogP contribution in [0.3, 0.4) is 0 Å². The molecular formula is C18H18ClN3O2S. The highest BCUT2D eigenvalue weighted by atomic mass is 35.5. The van der Waals surface area contributed by atoms with Gasteiger partial charge in [0.05, 0.1) is 12.0 Å². The van der Waals surface area contributed by atoms with Crippen LogP contribution < -0.4 is 5.32 Å². The highest BCUT2D eigenvalue weighted by Gasteiger charge is 2.21. The molecule has 2 heterocycles. The fraction of sp³-hybridized carbons (Fsp3) is 0.278. The van der Waals surface area contributed by atoms with Crippen molar-refractivity contribution in [3.8, 4) is 0 Å². The van der Waals surface area contributed by atoms with Crippen LogP contribution in [0.2, 0.25) is 5.28 Å². The van der Waals surface area contributed by atoms with Crippen molar-refractivity contribution in [2.75, 3.05) is 11.9 Å². The van der Waals surface area contributed by atoms with Crippen LogP contribution in [0.5, 0.6) is 0 Å². The van der Waals surface area contributed by atoms with Gasteiger partial charge in [-0.05, 0) is 42.1 Å². The standard InChI is InChI=1S/C18H18ClN3O2S/c1-10(2)9-24-17(23)14-11(3)13-15(20-12-7-5-4-6-8-12)21-18(19)22-16(13)25-14/h4-8,10H,9H2,1-3H3,(H,20,21,22). The van der Waals surface area contributed by atoms with Crippen molar-refractivity contribution < 1.29 is 9.53 Å². The lowest BCUT2D eigenvalue weighted by atomic mass is 10.2. The second-order valence-electron chi connectivity index (χ2n) is 6.06. The van der Waals surface area contributed by atoms with Gasteiger partial charge in [-0.25, -0.2) is 9.78 Å². The van der Waals surface area contributed by atoms with Crippen molar-refractivity contribution in [2.45, 2.75) is 20.8 Å². The van der Waals surface area contributed by atoms with E-state index in [0.717, 1.165) is 16.6 Å². The largest absolute Gasteiger partial charge is 0.461 e. The fourth-order valence-electron chi connectivity index (χ4n) is 2.36. The Balaban J connectivity index is 2.02. The molecule has 7 heteroatoms. The number of nitrogens with zero attached hydrogens (tertiary/aromatic N) is 2. The number of anilines is 2. The summed E-state index contributed by atoms with van der Waals surface area (Å²) in [5.41, 5.74) is 1.68. The van der Waals surface area contributed by atoms with Gasteiger partial charge in [0.2, 0.25) is 5.28 Å². The van der Waals surface area contributed by atoms with Crippen molar-refractivity contribution in [2.24, 2.45) is 5.92 Å². The summed E-state index contributed by atoms with van der Waals surface area (Å²) >= 11 is 7.33. The number of ether oxygens (including phenoxy) is 1. The average Bonchev–Trinajstić information content (AvgIpc) is 2.90. The zero-order valence-corrected chi connectivity index (χ0v) is 15.7. The lowest BCUT2D eigenvalue weighted by Gasteiger charge is -2.08. The SMILES string of the molecule is Cc1c(C(=O)OCC(C)C)sc2nc(Cl)nc(Nc3ccccc3)c12. The molecule has 0 amide bonds. The molecule has 0 unspecified atom stereocenters. The highest BCUT2D eigenvalue weighted by Crippen LogP contribution is 2.36. The summed E-state index contributed by atoms with van der Waals surface area (Å²) in [4.78, 5) is 22.1. The maximum absolute atomic E-state index is 12.4. The van der Waals surface area contributed by atoms with Crippen LogP contribution in [-0.2, 0) is 4.74 Å². The molecule has 2 aromatic heterocycles. The minimum Gasteiger partial charge on any atom is -0.461 e. The van der Waals surface area contributed by atoms with Gasteiger partial charge in [-0.3, -0.25) is 0 Å². The van der Waals surface area contributed by atoms with E-state index in [9.17, 15) is 4.79 Å². The molecule has 5 nitrogen and oxygen atoms in total. The average molecular weight is 376 g/mol. The van der Waals surface area contributed by atoms with Crippen molar-refractivity contribution in [3.05, 3.63) is 46.1 Å². The predicted molar refractivity (Wildman–Crippen MR) is 102 cm³/mol. The molecule has 1 aromatic carbocycles. The van der Waals surface area contributed by atoms with Gasteiger partial charge in [-0.2, -0.15) is 4.98 Å². The topological polar surface area (TPSA) is 64.1 Å². The Morgan fingerprint density at radius 3 is 2.68 bits per heavy atom. The summed E-state index contributed by atoms with van der Waals surface area (Å²) in [6.45, 7) is 6.25. The number of fused-ring (bicyclic) bond motifs is 1. The van der Waals surface area contributed by atoms with E-state index in [0.29, 0.717) is 22.1 Å². The number of hydrogen-bond acceptors (Lipinski definition) is 6. The third-order valence-electron chi connectivity index (χ3n) is 3.53. The van der Waals surface area contributed by atoms with Crippen LogP contribution in [-0.4, -0.2) is 22.5 Å². The zero-order valence-electron chi connectivity index (χ0n) is 14.2. The fourth-order valence-corrected chi connectivity index (χ4v) is 3.66. The molecule has 0 aliphatic rings. The first-order valence-corrected chi connectivity index (χ1v) is 9.11. The van der Waals surface area contributed by atoms with Gasteiger partial charge < -0.3 is 10.1 Å². The number of esters is 1. The summed E-state index contributed by atoms with van der Waals surface area (Å²) in [6, 6.07) is 9.66. The molecule has 1 N–H and O–H groups in total. The number of carbonyl (C=O) groups excluding carboxylic acids is 1. The Morgan fingerprint density at radius 2 is 2.00 bits per heavy atom. The first kappa shape index (κ1) is 17.6. The van der Waals surface area contributed by atoms with Gasteiger partial charge in [-0.1, -0.05) is 32.0 Å². The quantitative estimate of drug-likeness (QED) is 0.490. The number of para-hydroxylation sites is 1. The number of rotatable bonds is 5. The van der Waals surface area contributed by atoms with Crippen LogP contribution in [0.15, 0.2) is 30.3 Å². The molecule has 0 atom stereocenters. The summed E-state index contributed by atoms with van der Waals surface area (Å²) in [5, 5.41) is 4.17. The highest BCUT2D eigenvalue weighted by molar-refractivity contribution is 7.20. The lowest BCUT2D eigenvalue weighted by Crippen LogP contribution is -2.09. The van der Waals surface area contributed by atoms with Crippen molar-refractivity contribution >= 4 is 50.6 Å². The summed E-state index contributed by atoms with van der Waals surface area (Å²) < 4.78 is 5.36. The van der Waals surface area contributed by atoms with E-state index in [1.54, 1.807) is 0 Å². The Morgan fingerprint density at radius 1 is 1.28 bits per heavy atom. The van der Waals surface area contributed by atoms with Gasteiger partial charge in [0, 0.05) is 5.69 Å². The molecule has 0 radical (unpaired) electrons. The first-order valence-electron chi connectivity index (χ1n) is 7.91. The van der Waals surface area contributed by atoms with Crippen molar-refractivity contribution in [1.29, 1.82) is 0 Å². The van der Waals surface area contributed by atoms with E-state index in [-0.39, 0.29) is 17.2 Å². The van der Waals surface area contributed by atoms with E-state index in [1.165, 1.54) is 11.3 Å². The number of halogens is 1. The first-order chi connectivity index (χ1) is 12.0.